The van der Waals surface area contributed by atoms with E-state index in [4.69, 9.17) is 15.2 Å². The summed E-state index contributed by atoms with van der Waals surface area (Å²) in [5.74, 6) is -0.319. The van der Waals surface area contributed by atoms with E-state index in [1.54, 1.807) is 0 Å². The monoisotopic (exact) mass is 277 g/mol. The smallest absolute Gasteiger partial charge is 0.323 e. The van der Waals surface area contributed by atoms with Gasteiger partial charge in [0, 0.05) is 12.8 Å². The molecule has 1 aromatic rings. The molecule has 1 aliphatic rings. The molecule has 110 valence electrons. The lowest BCUT2D eigenvalue weighted by Gasteiger charge is -2.32. The van der Waals surface area contributed by atoms with Gasteiger partial charge in [-0.1, -0.05) is 30.3 Å². The van der Waals surface area contributed by atoms with Gasteiger partial charge < -0.3 is 15.2 Å². The van der Waals surface area contributed by atoms with Crippen LogP contribution < -0.4 is 5.73 Å². The molecule has 0 saturated carbocycles. The summed E-state index contributed by atoms with van der Waals surface area (Å²) in [4.78, 5) is 12.0. The van der Waals surface area contributed by atoms with Crippen molar-refractivity contribution in [3.8, 4) is 0 Å². The van der Waals surface area contributed by atoms with Gasteiger partial charge in [0.05, 0.1) is 12.2 Å². The number of carbonyl (C=O) groups is 1. The van der Waals surface area contributed by atoms with Crippen molar-refractivity contribution in [1.82, 2.24) is 0 Å². The molecule has 1 saturated heterocycles. The van der Waals surface area contributed by atoms with Gasteiger partial charge in [-0.15, -0.1) is 0 Å². The number of ether oxygens (including phenoxy) is 2. The van der Waals surface area contributed by atoms with Gasteiger partial charge >= 0.3 is 5.97 Å². The number of rotatable bonds is 4. The second-order valence-corrected chi connectivity index (χ2v) is 5.58. The zero-order valence-electron chi connectivity index (χ0n) is 12.1. The minimum Gasteiger partial charge on any atom is -0.461 e. The first-order valence-electron chi connectivity index (χ1n) is 7.20. The van der Waals surface area contributed by atoms with Gasteiger partial charge in [0.15, 0.2) is 0 Å². The first-order chi connectivity index (χ1) is 9.54. The molecule has 0 radical (unpaired) electrons. The molecule has 0 amide bonds. The molecule has 1 aromatic carbocycles. The van der Waals surface area contributed by atoms with Crippen molar-refractivity contribution in [2.45, 2.75) is 57.5 Å². The van der Waals surface area contributed by atoms with Crippen LogP contribution >= 0.6 is 0 Å². The lowest BCUT2D eigenvalue weighted by atomic mass is 10.0. The van der Waals surface area contributed by atoms with Crippen LogP contribution in [0.15, 0.2) is 30.3 Å². The number of benzene rings is 1. The third-order valence-electron chi connectivity index (χ3n) is 3.54. The van der Waals surface area contributed by atoms with Crippen molar-refractivity contribution in [3.05, 3.63) is 35.9 Å². The number of hydrogen-bond donors (Lipinski definition) is 1. The van der Waals surface area contributed by atoms with Gasteiger partial charge in [-0.25, -0.2) is 0 Å². The maximum atomic E-state index is 12.0. The van der Waals surface area contributed by atoms with Crippen molar-refractivity contribution in [2.24, 2.45) is 5.73 Å². The summed E-state index contributed by atoms with van der Waals surface area (Å²) in [6.45, 7) is 4.00. The third-order valence-corrected chi connectivity index (χ3v) is 3.54. The third kappa shape index (κ3) is 4.32. The molecule has 20 heavy (non-hydrogen) atoms. The van der Waals surface area contributed by atoms with Crippen molar-refractivity contribution in [1.29, 1.82) is 0 Å². The van der Waals surface area contributed by atoms with Crippen LogP contribution in [-0.2, 0) is 20.7 Å². The van der Waals surface area contributed by atoms with Crippen LogP contribution in [0.25, 0.3) is 0 Å². The molecule has 1 fully saturated rings. The van der Waals surface area contributed by atoms with Crippen LogP contribution in [0.2, 0.25) is 0 Å². The zero-order valence-corrected chi connectivity index (χ0v) is 12.1. The first kappa shape index (κ1) is 15.0. The second-order valence-electron chi connectivity index (χ2n) is 5.58. The van der Waals surface area contributed by atoms with Gasteiger partial charge in [-0.05, 0) is 25.8 Å². The Morgan fingerprint density at radius 2 is 1.90 bits per heavy atom. The molecule has 0 spiro atoms. The summed E-state index contributed by atoms with van der Waals surface area (Å²) in [5, 5.41) is 0. The van der Waals surface area contributed by atoms with Crippen LogP contribution in [-0.4, -0.2) is 30.3 Å². The number of nitrogens with two attached hydrogens (primary N) is 1. The van der Waals surface area contributed by atoms with Gasteiger partial charge in [-0.3, -0.25) is 4.79 Å². The van der Waals surface area contributed by atoms with Gasteiger partial charge in [-0.2, -0.15) is 0 Å². The topological polar surface area (TPSA) is 61.5 Å². The van der Waals surface area contributed by atoms with E-state index < -0.39 is 6.04 Å². The highest BCUT2D eigenvalue weighted by Crippen LogP contribution is 2.22. The van der Waals surface area contributed by atoms with E-state index in [9.17, 15) is 4.79 Å². The summed E-state index contributed by atoms with van der Waals surface area (Å²) in [6.07, 6.45) is 2.17. The Balaban J connectivity index is 1.84. The van der Waals surface area contributed by atoms with Gasteiger partial charge in [0.25, 0.3) is 0 Å². The first-order valence-corrected chi connectivity index (χ1v) is 7.20. The van der Waals surface area contributed by atoms with Crippen LogP contribution in [0.5, 0.6) is 0 Å². The van der Waals surface area contributed by atoms with E-state index in [0.29, 0.717) is 6.42 Å². The highest BCUT2D eigenvalue weighted by Gasteiger charge is 2.28. The zero-order chi connectivity index (χ0) is 14.5. The van der Waals surface area contributed by atoms with Crippen LogP contribution in [0.3, 0.4) is 0 Å². The van der Waals surface area contributed by atoms with E-state index in [-0.39, 0.29) is 24.3 Å². The molecule has 1 aliphatic heterocycles. The molecule has 0 aliphatic carbocycles. The van der Waals surface area contributed by atoms with Crippen molar-refractivity contribution in [2.75, 3.05) is 0 Å². The molecule has 2 unspecified atom stereocenters. The van der Waals surface area contributed by atoms with E-state index in [1.807, 2.05) is 44.2 Å². The second kappa shape index (κ2) is 6.86. The summed E-state index contributed by atoms with van der Waals surface area (Å²) in [7, 11) is 0. The predicted molar refractivity (Wildman–Crippen MR) is 77.2 cm³/mol. The lowest BCUT2D eigenvalue weighted by molar-refractivity contribution is -0.161. The summed E-state index contributed by atoms with van der Waals surface area (Å²) in [5.41, 5.74) is 6.98. The molecule has 4 heteroatoms. The van der Waals surface area contributed by atoms with Crippen LogP contribution in [0.4, 0.5) is 0 Å². The molecule has 1 heterocycles. The molecule has 2 N–H and O–H groups in total. The lowest BCUT2D eigenvalue weighted by Crippen LogP contribution is -2.41. The Morgan fingerprint density at radius 1 is 1.30 bits per heavy atom. The average Bonchev–Trinajstić information content (AvgIpc) is 2.38. The van der Waals surface area contributed by atoms with E-state index in [1.165, 1.54) is 0 Å². The Morgan fingerprint density at radius 3 is 2.50 bits per heavy atom. The molecular weight excluding hydrogens is 254 g/mol. The number of carbonyl (C=O) groups excluding carboxylic acids is 1. The summed E-state index contributed by atoms with van der Waals surface area (Å²) >= 11 is 0. The number of esters is 1. The molecule has 4 nitrogen and oxygen atoms in total. The van der Waals surface area contributed by atoms with Gasteiger partial charge in [0.2, 0.25) is 0 Å². The molecule has 3 atom stereocenters. The Bertz CT molecular complexity index is 425. The Labute approximate surface area is 120 Å². The van der Waals surface area contributed by atoms with Crippen LogP contribution in [0.1, 0.15) is 32.3 Å². The quantitative estimate of drug-likeness (QED) is 0.856. The minimum atomic E-state index is -0.606. The SMILES string of the molecule is CC1CC(OC(=O)[C@@H](N)Cc2ccccc2)CC(C)O1. The fourth-order valence-electron chi connectivity index (χ4n) is 2.64. The Kier molecular flexibility index (Phi) is 5.15. The van der Waals surface area contributed by atoms with E-state index in [2.05, 4.69) is 0 Å². The molecule has 0 aromatic heterocycles. The standard InChI is InChI=1S/C16H23NO3/c1-11-8-14(9-12(2)19-11)20-16(18)15(17)10-13-6-4-3-5-7-13/h3-7,11-12,14-15H,8-10,17H2,1-2H3/t11?,12?,14?,15-/m0/s1. The highest BCUT2D eigenvalue weighted by molar-refractivity contribution is 5.76. The van der Waals surface area contributed by atoms with Crippen molar-refractivity contribution < 1.29 is 14.3 Å². The Hall–Kier alpha value is -1.39. The summed E-state index contributed by atoms with van der Waals surface area (Å²) in [6, 6.07) is 9.14. The summed E-state index contributed by atoms with van der Waals surface area (Å²) < 4.78 is 11.2. The van der Waals surface area contributed by atoms with Crippen molar-refractivity contribution in [3.63, 3.8) is 0 Å². The van der Waals surface area contributed by atoms with Crippen molar-refractivity contribution >= 4 is 5.97 Å². The van der Waals surface area contributed by atoms with E-state index >= 15 is 0 Å². The number of hydrogen-bond acceptors (Lipinski definition) is 4. The van der Waals surface area contributed by atoms with Gasteiger partial charge in [0.1, 0.15) is 12.1 Å². The predicted octanol–water partition coefficient (Wildman–Crippen LogP) is 2.06. The van der Waals surface area contributed by atoms with Crippen LogP contribution in [0, 0.1) is 0 Å². The average molecular weight is 277 g/mol. The highest BCUT2D eigenvalue weighted by atomic mass is 16.6. The fraction of sp³-hybridized carbons (Fsp3) is 0.562. The fourth-order valence-corrected chi connectivity index (χ4v) is 2.64. The minimum absolute atomic E-state index is 0.0805. The molecule has 0 bridgehead atoms. The van der Waals surface area contributed by atoms with E-state index in [0.717, 1.165) is 18.4 Å². The largest absolute Gasteiger partial charge is 0.461 e. The maximum Gasteiger partial charge on any atom is 0.323 e. The normalized spacial score (nSPS) is 27.9. The molecule has 2 rings (SSSR count). The molecular formula is C16H23NO3. The maximum absolute atomic E-state index is 12.0.